The van der Waals surface area contributed by atoms with Gasteiger partial charge in [-0.1, -0.05) is 35.8 Å². The summed E-state index contributed by atoms with van der Waals surface area (Å²) >= 11 is 0. The summed E-state index contributed by atoms with van der Waals surface area (Å²) in [4.78, 5) is 15.0. The molecule has 0 spiro atoms. The maximum atomic E-state index is 11.9. The van der Waals surface area contributed by atoms with Crippen LogP contribution in [0.3, 0.4) is 0 Å². The van der Waals surface area contributed by atoms with E-state index in [0.717, 1.165) is 22.2 Å². The Bertz CT molecular complexity index is 803. The normalized spacial score (nSPS) is 11.0. The molecule has 0 bridgehead atoms. The van der Waals surface area contributed by atoms with Crippen molar-refractivity contribution >= 4 is 41.9 Å². The number of hydrogen-bond donors (Lipinski definition) is 2. The highest BCUT2D eigenvalue weighted by atomic mass is 16.1. The molecule has 3 nitrogen and oxygen atoms in total. The molecule has 3 rings (SSSR count). The van der Waals surface area contributed by atoms with E-state index < -0.39 is 0 Å². The third-order valence-corrected chi connectivity index (χ3v) is 3.33. The van der Waals surface area contributed by atoms with Gasteiger partial charge in [-0.15, -0.1) is 0 Å². The Morgan fingerprint density at radius 1 is 1.10 bits per heavy atom. The summed E-state index contributed by atoms with van der Waals surface area (Å²) in [6, 6.07) is 15.8. The minimum Gasteiger partial charge on any atom is -0.361 e. The number of aromatic amines is 1. The van der Waals surface area contributed by atoms with Crippen LogP contribution in [0, 0.1) is 0 Å². The maximum Gasteiger partial charge on any atom is 0.248 e. The lowest BCUT2D eigenvalue weighted by Gasteiger charge is -2.02. The van der Waals surface area contributed by atoms with Gasteiger partial charge in [-0.2, -0.15) is 0 Å². The fourth-order valence-corrected chi connectivity index (χ4v) is 2.16. The van der Waals surface area contributed by atoms with E-state index in [1.807, 2.05) is 68.7 Å². The Labute approximate surface area is 124 Å². The van der Waals surface area contributed by atoms with Crippen molar-refractivity contribution in [3.05, 3.63) is 66.4 Å². The Hall–Kier alpha value is -2.75. The number of fused-ring (bicyclic) bond motifs is 1. The van der Waals surface area contributed by atoms with Crippen LogP contribution in [0.5, 0.6) is 0 Å². The molecular formula is C17H15BN2O. The van der Waals surface area contributed by atoms with Gasteiger partial charge in [0.1, 0.15) is 7.85 Å². The molecular weight excluding hydrogens is 259 g/mol. The number of rotatable bonds is 3. The molecule has 1 aromatic heterocycles. The first-order valence-electron chi connectivity index (χ1n) is 6.83. The first-order valence-corrected chi connectivity index (χ1v) is 6.83. The maximum absolute atomic E-state index is 11.9. The summed E-state index contributed by atoms with van der Waals surface area (Å²) < 4.78 is 0. The van der Waals surface area contributed by atoms with Crippen LogP contribution in [0.2, 0.25) is 0 Å². The molecule has 21 heavy (non-hydrogen) atoms. The van der Waals surface area contributed by atoms with Crippen LogP contribution in [-0.2, 0) is 4.79 Å². The van der Waals surface area contributed by atoms with Crippen molar-refractivity contribution in [3.8, 4) is 0 Å². The molecule has 2 aromatic carbocycles. The fraction of sp³-hybridized carbons (Fsp3) is 0. The summed E-state index contributed by atoms with van der Waals surface area (Å²) in [7, 11) is 2.04. The first-order chi connectivity index (χ1) is 10.2. The first kappa shape index (κ1) is 13.2. The molecule has 102 valence electrons. The summed E-state index contributed by atoms with van der Waals surface area (Å²) in [5.74, 6) is -0.138. The summed E-state index contributed by atoms with van der Waals surface area (Å²) in [6.45, 7) is 0. The summed E-state index contributed by atoms with van der Waals surface area (Å²) in [5, 5.41) is 3.99. The molecule has 3 aromatic rings. The lowest BCUT2D eigenvalue weighted by molar-refractivity contribution is -0.111. The number of carbonyl (C=O) groups is 1. The molecule has 0 atom stereocenters. The molecule has 1 amide bonds. The topological polar surface area (TPSA) is 44.9 Å². The number of nitrogens with one attached hydrogen (secondary N) is 2. The molecule has 0 aliphatic carbocycles. The Morgan fingerprint density at radius 2 is 1.90 bits per heavy atom. The van der Waals surface area contributed by atoms with Gasteiger partial charge in [0.15, 0.2) is 0 Å². The number of aromatic nitrogens is 1. The highest BCUT2D eigenvalue weighted by Crippen LogP contribution is 2.17. The van der Waals surface area contributed by atoms with E-state index in [1.165, 1.54) is 5.46 Å². The molecule has 0 saturated carbocycles. The third kappa shape index (κ3) is 3.23. The zero-order chi connectivity index (χ0) is 14.7. The van der Waals surface area contributed by atoms with Crippen LogP contribution in [-0.4, -0.2) is 18.7 Å². The van der Waals surface area contributed by atoms with Gasteiger partial charge in [-0.05, 0) is 35.2 Å². The molecule has 4 heteroatoms. The molecule has 0 aliphatic heterocycles. The monoisotopic (exact) mass is 274 g/mol. The van der Waals surface area contributed by atoms with Gasteiger partial charge in [-0.25, -0.2) is 0 Å². The van der Waals surface area contributed by atoms with Crippen molar-refractivity contribution in [2.24, 2.45) is 0 Å². The molecule has 0 unspecified atom stereocenters. The van der Waals surface area contributed by atoms with Gasteiger partial charge in [0.2, 0.25) is 5.91 Å². The average Bonchev–Trinajstić information content (AvgIpc) is 2.94. The van der Waals surface area contributed by atoms with Crippen LogP contribution < -0.4 is 10.8 Å². The number of benzene rings is 2. The molecule has 0 saturated heterocycles. The van der Waals surface area contributed by atoms with Gasteiger partial charge in [0, 0.05) is 23.5 Å². The fourth-order valence-electron chi connectivity index (χ4n) is 2.16. The van der Waals surface area contributed by atoms with Gasteiger partial charge in [0.25, 0.3) is 0 Å². The lowest BCUT2D eigenvalue weighted by Crippen LogP contribution is -2.07. The van der Waals surface area contributed by atoms with E-state index >= 15 is 0 Å². The Morgan fingerprint density at radius 3 is 2.71 bits per heavy atom. The standard InChI is InChI=1S/C17H15BN2O/c18-14-5-1-12(2-6-14)3-8-17(21)20-15-7-4-13-9-10-19-16(13)11-15/h1-11,19H,18H2,(H,20,21)/b8-3+. The Balaban J connectivity index is 1.69. The third-order valence-electron chi connectivity index (χ3n) is 3.33. The minimum absolute atomic E-state index is 0.138. The van der Waals surface area contributed by atoms with Crippen molar-refractivity contribution < 1.29 is 4.79 Å². The van der Waals surface area contributed by atoms with Gasteiger partial charge in [-0.3, -0.25) is 4.79 Å². The second-order valence-corrected chi connectivity index (χ2v) is 5.01. The SMILES string of the molecule is Bc1ccc(/C=C/C(=O)Nc2ccc3cc[nH]c3c2)cc1. The zero-order valence-corrected chi connectivity index (χ0v) is 11.8. The van der Waals surface area contributed by atoms with E-state index in [0.29, 0.717) is 0 Å². The number of H-pyrrole nitrogens is 1. The highest BCUT2D eigenvalue weighted by Gasteiger charge is 2.00. The quantitative estimate of drug-likeness (QED) is 0.557. The second kappa shape index (κ2) is 5.71. The zero-order valence-electron chi connectivity index (χ0n) is 11.8. The average molecular weight is 274 g/mol. The minimum atomic E-state index is -0.138. The number of anilines is 1. The van der Waals surface area contributed by atoms with Crippen molar-refractivity contribution in [3.63, 3.8) is 0 Å². The van der Waals surface area contributed by atoms with Gasteiger partial charge >= 0.3 is 0 Å². The molecule has 0 fully saturated rings. The van der Waals surface area contributed by atoms with E-state index in [-0.39, 0.29) is 5.91 Å². The number of carbonyl (C=O) groups excluding carboxylic acids is 1. The molecule has 2 N–H and O–H groups in total. The molecule has 1 heterocycles. The van der Waals surface area contributed by atoms with Crippen LogP contribution >= 0.6 is 0 Å². The second-order valence-electron chi connectivity index (χ2n) is 5.01. The Kier molecular flexibility index (Phi) is 3.60. The van der Waals surface area contributed by atoms with E-state index in [4.69, 9.17) is 0 Å². The smallest absolute Gasteiger partial charge is 0.248 e. The summed E-state index contributed by atoms with van der Waals surface area (Å²) in [5.41, 5.74) is 4.00. The van der Waals surface area contributed by atoms with Gasteiger partial charge in [0.05, 0.1) is 0 Å². The van der Waals surface area contributed by atoms with Crippen LogP contribution in [0.25, 0.3) is 17.0 Å². The summed E-state index contributed by atoms with van der Waals surface area (Å²) in [6.07, 6.45) is 5.24. The van der Waals surface area contributed by atoms with Gasteiger partial charge < -0.3 is 10.3 Å². The van der Waals surface area contributed by atoms with E-state index in [1.54, 1.807) is 6.08 Å². The van der Waals surface area contributed by atoms with E-state index in [2.05, 4.69) is 10.3 Å². The number of amides is 1. The van der Waals surface area contributed by atoms with Crippen molar-refractivity contribution in [2.45, 2.75) is 0 Å². The van der Waals surface area contributed by atoms with Crippen LogP contribution in [0.1, 0.15) is 5.56 Å². The van der Waals surface area contributed by atoms with Crippen LogP contribution in [0.15, 0.2) is 60.8 Å². The molecule has 0 radical (unpaired) electrons. The van der Waals surface area contributed by atoms with Crippen molar-refractivity contribution in [2.75, 3.05) is 5.32 Å². The van der Waals surface area contributed by atoms with Crippen LogP contribution in [0.4, 0.5) is 5.69 Å². The largest absolute Gasteiger partial charge is 0.361 e. The number of hydrogen-bond acceptors (Lipinski definition) is 1. The predicted octanol–water partition coefficient (Wildman–Crippen LogP) is 2.08. The highest BCUT2D eigenvalue weighted by molar-refractivity contribution is 6.32. The molecule has 0 aliphatic rings. The van der Waals surface area contributed by atoms with Crippen molar-refractivity contribution in [1.82, 2.24) is 4.98 Å². The van der Waals surface area contributed by atoms with E-state index in [9.17, 15) is 4.79 Å². The predicted molar refractivity (Wildman–Crippen MR) is 90.6 cm³/mol. The van der Waals surface area contributed by atoms with Crippen molar-refractivity contribution in [1.29, 1.82) is 0 Å². The lowest BCUT2D eigenvalue weighted by atomic mass is 9.95.